The molecule has 0 saturated heterocycles. The Hall–Kier alpha value is -1.27. The normalized spacial score (nSPS) is 10.8. The average molecular weight is 281 g/mol. The van der Waals surface area contributed by atoms with E-state index in [-0.39, 0.29) is 5.91 Å². The first-order valence-corrected chi connectivity index (χ1v) is 7.53. The number of nitrogens with one attached hydrogen (secondary N) is 2. The SMILES string of the molecule is CC(C)c1cc(NC(=O)CSc2cccs2)n[nH]1. The molecule has 18 heavy (non-hydrogen) atoms. The van der Waals surface area contributed by atoms with Gasteiger partial charge in [0.15, 0.2) is 5.82 Å². The van der Waals surface area contributed by atoms with Gasteiger partial charge in [0, 0.05) is 11.8 Å². The van der Waals surface area contributed by atoms with Crippen molar-refractivity contribution >= 4 is 34.8 Å². The van der Waals surface area contributed by atoms with E-state index in [4.69, 9.17) is 0 Å². The van der Waals surface area contributed by atoms with Crippen LogP contribution in [0.15, 0.2) is 27.8 Å². The number of aromatic amines is 1. The van der Waals surface area contributed by atoms with Gasteiger partial charge in [-0.3, -0.25) is 9.89 Å². The molecule has 2 aromatic heterocycles. The van der Waals surface area contributed by atoms with E-state index < -0.39 is 0 Å². The maximum atomic E-state index is 11.7. The Labute approximate surface area is 114 Å². The summed E-state index contributed by atoms with van der Waals surface area (Å²) in [6.07, 6.45) is 0. The van der Waals surface area contributed by atoms with Crippen molar-refractivity contribution in [1.82, 2.24) is 10.2 Å². The highest BCUT2D eigenvalue weighted by Gasteiger charge is 2.08. The maximum Gasteiger partial charge on any atom is 0.235 e. The van der Waals surface area contributed by atoms with Crippen molar-refractivity contribution in [3.8, 4) is 0 Å². The van der Waals surface area contributed by atoms with E-state index in [0.717, 1.165) is 9.90 Å². The van der Waals surface area contributed by atoms with E-state index in [9.17, 15) is 4.79 Å². The van der Waals surface area contributed by atoms with Crippen LogP contribution in [0.5, 0.6) is 0 Å². The monoisotopic (exact) mass is 281 g/mol. The van der Waals surface area contributed by atoms with Gasteiger partial charge in [0.1, 0.15) is 0 Å². The van der Waals surface area contributed by atoms with Crippen LogP contribution in [-0.4, -0.2) is 21.9 Å². The fourth-order valence-electron chi connectivity index (χ4n) is 1.36. The summed E-state index contributed by atoms with van der Waals surface area (Å²) >= 11 is 3.18. The number of hydrogen-bond donors (Lipinski definition) is 2. The van der Waals surface area contributed by atoms with Crippen molar-refractivity contribution in [2.45, 2.75) is 24.0 Å². The zero-order valence-electron chi connectivity index (χ0n) is 10.3. The molecule has 0 unspecified atom stereocenters. The minimum Gasteiger partial charge on any atom is -0.308 e. The van der Waals surface area contributed by atoms with E-state index in [0.29, 0.717) is 17.5 Å². The van der Waals surface area contributed by atoms with Gasteiger partial charge in [-0.1, -0.05) is 19.9 Å². The summed E-state index contributed by atoms with van der Waals surface area (Å²) in [6, 6.07) is 5.86. The molecule has 6 heteroatoms. The molecule has 4 nitrogen and oxygen atoms in total. The van der Waals surface area contributed by atoms with Crippen molar-refractivity contribution in [3.05, 3.63) is 29.3 Å². The fraction of sp³-hybridized carbons (Fsp3) is 0.333. The van der Waals surface area contributed by atoms with E-state index in [1.54, 1.807) is 11.3 Å². The number of nitrogens with zero attached hydrogens (tertiary/aromatic N) is 1. The van der Waals surface area contributed by atoms with Gasteiger partial charge in [0.2, 0.25) is 5.91 Å². The highest BCUT2D eigenvalue weighted by molar-refractivity contribution is 8.01. The van der Waals surface area contributed by atoms with Crippen LogP contribution in [0.3, 0.4) is 0 Å². The quantitative estimate of drug-likeness (QED) is 0.827. The number of aromatic nitrogens is 2. The zero-order chi connectivity index (χ0) is 13.0. The number of thioether (sulfide) groups is 1. The molecule has 1 amide bonds. The minimum absolute atomic E-state index is 0.0322. The van der Waals surface area contributed by atoms with Gasteiger partial charge >= 0.3 is 0 Å². The summed E-state index contributed by atoms with van der Waals surface area (Å²) < 4.78 is 1.15. The first kappa shape index (κ1) is 13.2. The standard InChI is InChI=1S/C12H15N3OS2/c1-8(2)9-6-10(15-14-9)13-11(16)7-18-12-4-3-5-17-12/h3-6,8H,7H2,1-2H3,(H2,13,14,15,16). The molecule has 2 heterocycles. The van der Waals surface area contributed by atoms with Crippen molar-refractivity contribution in [3.63, 3.8) is 0 Å². The minimum atomic E-state index is -0.0322. The molecule has 0 spiro atoms. The Morgan fingerprint density at radius 3 is 3.06 bits per heavy atom. The Kier molecular flexibility index (Phi) is 4.43. The largest absolute Gasteiger partial charge is 0.308 e. The summed E-state index contributed by atoms with van der Waals surface area (Å²) in [5.74, 6) is 1.35. The Bertz CT molecular complexity index is 505. The van der Waals surface area contributed by atoms with Crippen LogP contribution in [0.4, 0.5) is 5.82 Å². The van der Waals surface area contributed by atoms with E-state index in [1.165, 1.54) is 11.8 Å². The highest BCUT2D eigenvalue weighted by Crippen LogP contribution is 2.23. The second kappa shape index (κ2) is 6.06. The lowest BCUT2D eigenvalue weighted by Crippen LogP contribution is -2.14. The molecule has 0 atom stereocenters. The molecule has 0 saturated carbocycles. The molecule has 0 aliphatic carbocycles. The second-order valence-electron chi connectivity index (χ2n) is 4.13. The smallest absolute Gasteiger partial charge is 0.235 e. The third-order valence-electron chi connectivity index (χ3n) is 2.33. The Morgan fingerprint density at radius 1 is 1.61 bits per heavy atom. The summed E-state index contributed by atoms with van der Waals surface area (Å²) in [5.41, 5.74) is 1.02. The van der Waals surface area contributed by atoms with Gasteiger partial charge in [-0.25, -0.2) is 0 Å². The third-order valence-corrected chi connectivity index (χ3v) is 4.46. The van der Waals surface area contributed by atoms with Crippen LogP contribution >= 0.6 is 23.1 Å². The number of hydrogen-bond acceptors (Lipinski definition) is 4. The Balaban J connectivity index is 1.83. The lowest BCUT2D eigenvalue weighted by Gasteiger charge is -2.00. The molecule has 0 aromatic carbocycles. The van der Waals surface area contributed by atoms with Crippen LogP contribution < -0.4 is 5.32 Å². The first-order chi connectivity index (χ1) is 8.65. The van der Waals surface area contributed by atoms with E-state index in [1.807, 2.05) is 23.6 Å². The molecule has 2 N–H and O–H groups in total. The molecule has 2 aromatic rings. The lowest BCUT2D eigenvalue weighted by molar-refractivity contribution is -0.113. The molecule has 96 valence electrons. The van der Waals surface area contributed by atoms with Crippen molar-refractivity contribution in [2.24, 2.45) is 0 Å². The molecule has 0 bridgehead atoms. The molecule has 0 fully saturated rings. The summed E-state index contributed by atoms with van der Waals surface area (Å²) in [5, 5.41) is 11.8. The number of rotatable bonds is 5. The van der Waals surface area contributed by atoms with Crippen molar-refractivity contribution in [1.29, 1.82) is 0 Å². The summed E-state index contributed by atoms with van der Waals surface area (Å²) in [7, 11) is 0. The number of H-pyrrole nitrogens is 1. The van der Waals surface area contributed by atoms with Crippen molar-refractivity contribution < 1.29 is 4.79 Å². The summed E-state index contributed by atoms with van der Waals surface area (Å²) in [4.78, 5) is 11.7. The predicted octanol–water partition coefficient (Wildman–Crippen LogP) is 3.33. The van der Waals surface area contributed by atoms with Crippen molar-refractivity contribution in [2.75, 3.05) is 11.1 Å². The molecular formula is C12H15N3OS2. The van der Waals surface area contributed by atoms with Crippen LogP contribution in [0.1, 0.15) is 25.5 Å². The number of amides is 1. The topological polar surface area (TPSA) is 57.8 Å². The number of anilines is 1. The van der Waals surface area contributed by atoms with Gasteiger partial charge < -0.3 is 5.32 Å². The number of thiophene rings is 1. The average Bonchev–Trinajstić information content (AvgIpc) is 2.96. The summed E-state index contributed by atoms with van der Waals surface area (Å²) in [6.45, 7) is 4.15. The zero-order valence-corrected chi connectivity index (χ0v) is 11.9. The second-order valence-corrected chi connectivity index (χ2v) is 6.36. The van der Waals surface area contributed by atoms with Gasteiger partial charge in [-0.05, 0) is 17.4 Å². The lowest BCUT2D eigenvalue weighted by atomic mass is 10.1. The van der Waals surface area contributed by atoms with Crippen LogP contribution in [0.25, 0.3) is 0 Å². The third kappa shape index (κ3) is 3.61. The molecular weight excluding hydrogens is 266 g/mol. The van der Waals surface area contributed by atoms with Gasteiger partial charge in [-0.2, -0.15) is 5.10 Å². The van der Waals surface area contributed by atoms with Crippen LogP contribution in [0.2, 0.25) is 0 Å². The molecule has 0 radical (unpaired) electrons. The molecule has 0 aliphatic heterocycles. The highest BCUT2D eigenvalue weighted by atomic mass is 32.2. The van der Waals surface area contributed by atoms with Crippen LogP contribution in [0, 0.1) is 0 Å². The van der Waals surface area contributed by atoms with E-state index in [2.05, 4.69) is 29.4 Å². The van der Waals surface area contributed by atoms with Gasteiger partial charge in [-0.15, -0.1) is 23.1 Å². The van der Waals surface area contributed by atoms with Gasteiger partial charge in [0.25, 0.3) is 0 Å². The first-order valence-electron chi connectivity index (χ1n) is 5.66. The fourth-order valence-corrected chi connectivity index (χ4v) is 2.94. The predicted molar refractivity (Wildman–Crippen MR) is 76.3 cm³/mol. The maximum absolute atomic E-state index is 11.7. The van der Waals surface area contributed by atoms with E-state index >= 15 is 0 Å². The molecule has 2 rings (SSSR count). The van der Waals surface area contributed by atoms with Gasteiger partial charge in [0.05, 0.1) is 9.96 Å². The van der Waals surface area contributed by atoms with Crippen LogP contribution in [-0.2, 0) is 4.79 Å². The number of carbonyl (C=O) groups excluding carboxylic acids is 1. The number of carbonyl (C=O) groups is 1. The Morgan fingerprint density at radius 2 is 2.44 bits per heavy atom. The molecule has 0 aliphatic rings.